The van der Waals surface area contributed by atoms with Crippen LogP contribution in [0.25, 0.3) is 0 Å². The molecule has 3 rings (SSSR count). The Labute approximate surface area is 160 Å². The molecule has 3 amide bonds. The Morgan fingerprint density at radius 1 is 0.962 bits per heavy atom. The molecule has 0 aromatic heterocycles. The Morgan fingerprint density at radius 2 is 1.54 bits per heavy atom. The number of carbonyl (C=O) groups is 3. The van der Waals surface area contributed by atoms with Crippen LogP contribution >= 0.6 is 23.2 Å². The van der Waals surface area contributed by atoms with Crippen molar-refractivity contribution in [3.63, 3.8) is 0 Å². The van der Waals surface area contributed by atoms with Crippen LogP contribution in [0.4, 0.5) is 5.69 Å². The SMILES string of the molecule is CC(C)C(C(=O)Nc1cccc(Cl)c1Cl)N1C(=O)c2ccccc2C1=O. The predicted octanol–water partition coefficient (Wildman–Crippen LogP) is 4.25. The summed E-state index contributed by atoms with van der Waals surface area (Å²) in [5, 5.41) is 3.17. The number of imide groups is 1. The standard InChI is InChI=1S/C19H16Cl2N2O3/c1-10(2)16(17(24)22-14-9-5-8-13(20)15(14)21)23-18(25)11-6-3-4-7-12(11)19(23)26/h3-10,16H,1-2H3,(H,22,24). The Hall–Kier alpha value is -2.37. The molecule has 0 aliphatic carbocycles. The molecular weight excluding hydrogens is 375 g/mol. The minimum Gasteiger partial charge on any atom is -0.323 e. The van der Waals surface area contributed by atoms with E-state index in [9.17, 15) is 14.4 Å². The summed E-state index contributed by atoms with van der Waals surface area (Å²) in [4.78, 5) is 39.3. The molecule has 0 radical (unpaired) electrons. The van der Waals surface area contributed by atoms with Crippen LogP contribution in [0.1, 0.15) is 34.6 Å². The van der Waals surface area contributed by atoms with E-state index < -0.39 is 23.8 Å². The second-order valence-electron chi connectivity index (χ2n) is 6.31. The highest BCUT2D eigenvalue weighted by Crippen LogP contribution is 2.31. The van der Waals surface area contributed by atoms with Crippen LogP contribution in [0.3, 0.4) is 0 Å². The summed E-state index contributed by atoms with van der Waals surface area (Å²) in [7, 11) is 0. The van der Waals surface area contributed by atoms with Gasteiger partial charge in [0.15, 0.2) is 0 Å². The van der Waals surface area contributed by atoms with E-state index in [1.165, 1.54) is 0 Å². The van der Waals surface area contributed by atoms with Gasteiger partial charge in [0.2, 0.25) is 5.91 Å². The van der Waals surface area contributed by atoms with Crippen LogP contribution in [0.2, 0.25) is 10.0 Å². The maximum Gasteiger partial charge on any atom is 0.262 e. The van der Waals surface area contributed by atoms with Crippen molar-refractivity contribution in [3.8, 4) is 0 Å². The van der Waals surface area contributed by atoms with Crippen LogP contribution in [0.15, 0.2) is 42.5 Å². The summed E-state index contributed by atoms with van der Waals surface area (Å²) in [5.41, 5.74) is 0.930. The quantitative estimate of drug-likeness (QED) is 0.793. The lowest BCUT2D eigenvalue weighted by molar-refractivity contribution is -0.121. The highest BCUT2D eigenvalue weighted by atomic mass is 35.5. The molecule has 7 heteroatoms. The first-order chi connectivity index (χ1) is 12.3. The summed E-state index contributed by atoms with van der Waals surface area (Å²) in [6.07, 6.45) is 0. The van der Waals surface area contributed by atoms with E-state index in [2.05, 4.69) is 5.32 Å². The fourth-order valence-electron chi connectivity index (χ4n) is 2.99. The number of fused-ring (bicyclic) bond motifs is 1. The van der Waals surface area contributed by atoms with Crippen LogP contribution < -0.4 is 5.32 Å². The highest BCUT2D eigenvalue weighted by Gasteiger charge is 2.43. The van der Waals surface area contributed by atoms with Crippen molar-refractivity contribution in [2.45, 2.75) is 19.9 Å². The van der Waals surface area contributed by atoms with E-state index in [1.54, 1.807) is 56.3 Å². The lowest BCUT2D eigenvalue weighted by atomic mass is 10.0. The fourth-order valence-corrected chi connectivity index (χ4v) is 3.33. The maximum absolute atomic E-state index is 12.9. The van der Waals surface area contributed by atoms with Gasteiger partial charge < -0.3 is 5.32 Å². The van der Waals surface area contributed by atoms with Crippen molar-refractivity contribution in [3.05, 3.63) is 63.6 Å². The number of amides is 3. The third-order valence-corrected chi connectivity index (χ3v) is 5.03. The number of nitrogens with zero attached hydrogens (tertiary/aromatic N) is 1. The van der Waals surface area contributed by atoms with Crippen molar-refractivity contribution in [1.82, 2.24) is 4.90 Å². The van der Waals surface area contributed by atoms with Crippen LogP contribution in [-0.4, -0.2) is 28.7 Å². The number of hydrogen-bond donors (Lipinski definition) is 1. The number of nitrogens with one attached hydrogen (secondary N) is 1. The predicted molar refractivity (Wildman–Crippen MR) is 101 cm³/mol. The molecule has 0 saturated carbocycles. The second-order valence-corrected chi connectivity index (χ2v) is 7.09. The summed E-state index contributed by atoms with van der Waals surface area (Å²) in [6, 6.07) is 10.4. The molecule has 0 fully saturated rings. The molecule has 2 aromatic rings. The molecule has 0 spiro atoms. The lowest BCUT2D eigenvalue weighted by Gasteiger charge is -2.28. The van der Waals surface area contributed by atoms with Gasteiger partial charge in [0.05, 0.1) is 26.9 Å². The zero-order valence-electron chi connectivity index (χ0n) is 14.1. The zero-order chi connectivity index (χ0) is 19.0. The monoisotopic (exact) mass is 390 g/mol. The topological polar surface area (TPSA) is 66.5 Å². The summed E-state index contributed by atoms with van der Waals surface area (Å²) < 4.78 is 0. The summed E-state index contributed by atoms with van der Waals surface area (Å²) in [5.74, 6) is -1.75. The first kappa shape index (κ1) is 18.4. The molecule has 0 bridgehead atoms. The molecule has 5 nitrogen and oxygen atoms in total. The van der Waals surface area contributed by atoms with Gasteiger partial charge in [-0.25, -0.2) is 0 Å². The van der Waals surface area contributed by atoms with Crippen molar-refractivity contribution < 1.29 is 14.4 Å². The minimum absolute atomic E-state index is 0.201. The van der Waals surface area contributed by atoms with E-state index in [1.807, 2.05) is 0 Å². The molecule has 134 valence electrons. The summed E-state index contributed by atoms with van der Waals surface area (Å²) in [6.45, 7) is 3.54. The zero-order valence-corrected chi connectivity index (χ0v) is 15.6. The van der Waals surface area contributed by atoms with Crippen LogP contribution in [0.5, 0.6) is 0 Å². The fraction of sp³-hybridized carbons (Fsp3) is 0.211. The van der Waals surface area contributed by atoms with E-state index in [0.29, 0.717) is 21.8 Å². The van der Waals surface area contributed by atoms with E-state index in [0.717, 1.165) is 4.90 Å². The molecule has 1 atom stereocenters. The lowest BCUT2D eigenvalue weighted by Crippen LogP contribution is -2.50. The Balaban J connectivity index is 1.93. The second kappa shape index (κ2) is 7.09. The van der Waals surface area contributed by atoms with Gasteiger partial charge in [-0.15, -0.1) is 0 Å². The minimum atomic E-state index is -0.975. The average molecular weight is 391 g/mol. The van der Waals surface area contributed by atoms with Gasteiger partial charge in [-0.2, -0.15) is 0 Å². The van der Waals surface area contributed by atoms with E-state index in [-0.39, 0.29) is 10.9 Å². The van der Waals surface area contributed by atoms with Crippen molar-refractivity contribution >= 4 is 46.6 Å². The van der Waals surface area contributed by atoms with E-state index in [4.69, 9.17) is 23.2 Å². The van der Waals surface area contributed by atoms with Gasteiger partial charge in [0.1, 0.15) is 6.04 Å². The average Bonchev–Trinajstić information content (AvgIpc) is 2.85. The smallest absolute Gasteiger partial charge is 0.262 e. The first-order valence-electron chi connectivity index (χ1n) is 8.04. The highest BCUT2D eigenvalue weighted by molar-refractivity contribution is 6.44. The van der Waals surface area contributed by atoms with Crippen LogP contribution in [0, 0.1) is 5.92 Å². The number of hydrogen-bond acceptors (Lipinski definition) is 3. The van der Waals surface area contributed by atoms with Crippen LogP contribution in [-0.2, 0) is 4.79 Å². The molecule has 2 aromatic carbocycles. The number of halogens is 2. The first-order valence-corrected chi connectivity index (χ1v) is 8.80. The van der Waals surface area contributed by atoms with Gasteiger partial charge in [0, 0.05) is 0 Å². The number of rotatable bonds is 4. The van der Waals surface area contributed by atoms with Gasteiger partial charge >= 0.3 is 0 Å². The van der Waals surface area contributed by atoms with Gasteiger partial charge in [-0.3, -0.25) is 19.3 Å². The molecular formula is C19H16Cl2N2O3. The Bertz CT molecular complexity index is 876. The van der Waals surface area contributed by atoms with Crippen molar-refractivity contribution in [1.29, 1.82) is 0 Å². The number of benzene rings is 2. The molecule has 1 heterocycles. The molecule has 1 aliphatic heterocycles. The van der Waals surface area contributed by atoms with Gasteiger partial charge in [0.25, 0.3) is 11.8 Å². The number of anilines is 1. The molecule has 0 saturated heterocycles. The molecule has 1 aliphatic rings. The van der Waals surface area contributed by atoms with Crippen molar-refractivity contribution in [2.75, 3.05) is 5.32 Å². The molecule has 1 unspecified atom stereocenters. The van der Waals surface area contributed by atoms with Gasteiger partial charge in [-0.05, 0) is 30.2 Å². The molecule has 26 heavy (non-hydrogen) atoms. The number of carbonyl (C=O) groups excluding carboxylic acids is 3. The summed E-state index contributed by atoms with van der Waals surface area (Å²) >= 11 is 12.1. The normalized spacial score (nSPS) is 14.6. The largest absolute Gasteiger partial charge is 0.323 e. The third-order valence-electron chi connectivity index (χ3n) is 4.21. The Morgan fingerprint density at radius 3 is 2.08 bits per heavy atom. The van der Waals surface area contributed by atoms with Crippen molar-refractivity contribution in [2.24, 2.45) is 5.92 Å². The van der Waals surface area contributed by atoms with Gasteiger partial charge in [-0.1, -0.05) is 55.2 Å². The van der Waals surface area contributed by atoms with E-state index >= 15 is 0 Å². The maximum atomic E-state index is 12.9. The Kier molecular flexibility index (Phi) is 5.03. The molecule has 1 N–H and O–H groups in total. The third kappa shape index (κ3) is 3.08.